The van der Waals surface area contributed by atoms with Crippen molar-refractivity contribution in [3.63, 3.8) is 0 Å². The molecule has 0 aromatic heterocycles. The zero-order chi connectivity index (χ0) is 17.4. The average Bonchev–Trinajstić information content (AvgIpc) is 2.46. The minimum Gasteiger partial charge on any atom is -0.369 e. The van der Waals surface area contributed by atoms with Crippen LogP contribution >= 0.6 is 23.2 Å². The van der Waals surface area contributed by atoms with E-state index >= 15 is 0 Å². The lowest BCUT2D eigenvalue weighted by Gasteiger charge is -2.00. The molecule has 2 aromatic rings. The number of benzene rings is 2. The smallest absolute Gasteiger partial charge is 0.221 e. The van der Waals surface area contributed by atoms with Crippen LogP contribution in [0.3, 0.4) is 0 Å². The standard InChI is InChI=1S/C8H7ClFNO.C8H9ClFN/c9-7-4-6(10)2-1-5(7)3-8(11)12;9-8-5-7(10)2-1-6(8)3-4-11/h1-2,4H,3H2,(H2,11,12);1-2,5H,3-4,11H2. The summed E-state index contributed by atoms with van der Waals surface area (Å²) < 4.78 is 25.0. The van der Waals surface area contributed by atoms with Gasteiger partial charge < -0.3 is 11.5 Å². The van der Waals surface area contributed by atoms with Crippen LogP contribution in [0.5, 0.6) is 0 Å². The van der Waals surface area contributed by atoms with E-state index in [0.29, 0.717) is 23.6 Å². The maximum atomic E-state index is 12.5. The van der Waals surface area contributed by atoms with E-state index < -0.39 is 11.7 Å². The Bertz CT molecular complexity index is 681. The molecule has 0 fully saturated rings. The van der Waals surface area contributed by atoms with Crippen molar-refractivity contribution in [3.8, 4) is 0 Å². The number of primary amides is 1. The Balaban J connectivity index is 0.000000231. The molecule has 0 spiro atoms. The van der Waals surface area contributed by atoms with Gasteiger partial charge in [0, 0.05) is 10.0 Å². The molecule has 0 bridgehead atoms. The summed E-state index contributed by atoms with van der Waals surface area (Å²) in [6.07, 6.45) is 0.734. The fourth-order valence-electron chi connectivity index (χ4n) is 1.73. The minimum absolute atomic E-state index is 0.0408. The van der Waals surface area contributed by atoms with Crippen molar-refractivity contribution in [2.24, 2.45) is 11.5 Å². The zero-order valence-electron chi connectivity index (χ0n) is 12.2. The Labute approximate surface area is 143 Å². The molecule has 0 heterocycles. The Morgan fingerprint density at radius 2 is 1.43 bits per heavy atom. The first kappa shape index (κ1) is 19.4. The molecule has 2 aromatic carbocycles. The van der Waals surface area contributed by atoms with Crippen LogP contribution in [0.15, 0.2) is 36.4 Å². The SMILES string of the molecule is NC(=O)Cc1ccc(F)cc1Cl.NCCc1ccc(F)cc1Cl. The van der Waals surface area contributed by atoms with Gasteiger partial charge in [0.2, 0.25) is 5.91 Å². The molecule has 0 aliphatic heterocycles. The van der Waals surface area contributed by atoms with Crippen molar-refractivity contribution >= 4 is 29.1 Å². The zero-order valence-corrected chi connectivity index (χ0v) is 13.7. The van der Waals surface area contributed by atoms with E-state index in [1.54, 1.807) is 6.07 Å². The van der Waals surface area contributed by atoms with Gasteiger partial charge in [-0.25, -0.2) is 8.78 Å². The molecule has 0 saturated carbocycles. The second-order valence-electron chi connectivity index (χ2n) is 4.65. The Morgan fingerprint density at radius 1 is 0.957 bits per heavy atom. The summed E-state index contributed by atoms with van der Waals surface area (Å²) in [4.78, 5) is 10.5. The second-order valence-corrected chi connectivity index (χ2v) is 5.47. The first-order valence-electron chi connectivity index (χ1n) is 6.69. The second kappa shape index (κ2) is 9.45. The Kier molecular flexibility index (Phi) is 7.95. The molecule has 23 heavy (non-hydrogen) atoms. The van der Waals surface area contributed by atoms with Crippen molar-refractivity contribution in [2.45, 2.75) is 12.8 Å². The van der Waals surface area contributed by atoms with Crippen LogP contribution in [0.25, 0.3) is 0 Å². The van der Waals surface area contributed by atoms with E-state index in [4.69, 9.17) is 34.7 Å². The Morgan fingerprint density at radius 3 is 1.83 bits per heavy atom. The lowest BCUT2D eigenvalue weighted by atomic mass is 10.1. The quantitative estimate of drug-likeness (QED) is 0.875. The first-order valence-corrected chi connectivity index (χ1v) is 7.45. The number of carbonyl (C=O) groups is 1. The fourth-order valence-corrected chi connectivity index (χ4v) is 2.23. The van der Waals surface area contributed by atoms with Crippen LogP contribution in [0.4, 0.5) is 8.78 Å². The molecule has 0 atom stereocenters. The van der Waals surface area contributed by atoms with Gasteiger partial charge in [0.05, 0.1) is 6.42 Å². The largest absolute Gasteiger partial charge is 0.369 e. The molecule has 7 heteroatoms. The Hall–Kier alpha value is -1.69. The van der Waals surface area contributed by atoms with Gasteiger partial charge in [0.15, 0.2) is 0 Å². The van der Waals surface area contributed by atoms with Crippen molar-refractivity contribution in [2.75, 3.05) is 6.54 Å². The van der Waals surface area contributed by atoms with Crippen molar-refractivity contribution < 1.29 is 13.6 Å². The number of hydrogen-bond donors (Lipinski definition) is 2. The van der Waals surface area contributed by atoms with E-state index in [9.17, 15) is 13.6 Å². The third kappa shape index (κ3) is 6.95. The predicted octanol–water partition coefficient (Wildman–Crippen LogP) is 3.49. The molecule has 2 rings (SSSR count). The third-order valence-electron chi connectivity index (χ3n) is 2.81. The highest BCUT2D eigenvalue weighted by Gasteiger charge is 2.04. The van der Waals surface area contributed by atoms with Crippen molar-refractivity contribution in [3.05, 3.63) is 69.2 Å². The molecule has 0 unspecified atom stereocenters. The monoisotopic (exact) mass is 360 g/mol. The van der Waals surface area contributed by atoms with Gasteiger partial charge in [-0.1, -0.05) is 35.3 Å². The molecular formula is C16H16Cl2F2N2O. The van der Waals surface area contributed by atoms with E-state index in [0.717, 1.165) is 11.6 Å². The number of amides is 1. The highest BCUT2D eigenvalue weighted by atomic mass is 35.5. The van der Waals surface area contributed by atoms with Crippen LogP contribution in [0.1, 0.15) is 11.1 Å². The molecule has 0 radical (unpaired) electrons. The van der Waals surface area contributed by atoms with E-state index in [1.165, 1.54) is 24.3 Å². The van der Waals surface area contributed by atoms with Gasteiger partial charge in [0.1, 0.15) is 11.6 Å². The van der Waals surface area contributed by atoms with E-state index in [1.807, 2.05) is 0 Å². The summed E-state index contributed by atoms with van der Waals surface area (Å²) >= 11 is 11.3. The fraction of sp³-hybridized carbons (Fsp3) is 0.188. The van der Waals surface area contributed by atoms with Crippen molar-refractivity contribution in [1.82, 2.24) is 0 Å². The molecular weight excluding hydrogens is 345 g/mol. The van der Waals surface area contributed by atoms with Gasteiger partial charge in [-0.05, 0) is 48.4 Å². The van der Waals surface area contributed by atoms with Crippen LogP contribution in [-0.4, -0.2) is 12.5 Å². The summed E-state index contributed by atoms with van der Waals surface area (Å²) in [5.41, 5.74) is 11.7. The van der Waals surface area contributed by atoms with Gasteiger partial charge in [-0.2, -0.15) is 0 Å². The average molecular weight is 361 g/mol. The third-order valence-corrected chi connectivity index (χ3v) is 3.51. The van der Waals surface area contributed by atoms with E-state index in [2.05, 4.69) is 0 Å². The number of carbonyl (C=O) groups excluding carboxylic acids is 1. The van der Waals surface area contributed by atoms with Gasteiger partial charge in [-0.15, -0.1) is 0 Å². The molecule has 0 aliphatic rings. The van der Waals surface area contributed by atoms with Gasteiger partial charge in [-0.3, -0.25) is 4.79 Å². The van der Waals surface area contributed by atoms with Gasteiger partial charge in [0.25, 0.3) is 0 Å². The van der Waals surface area contributed by atoms with Crippen LogP contribution in [0, 0.1) is 11.6 Å². The summed E-state index contributed by atoms with van der Waals surface area (Å²) in [5.74, 6) is -1.22. The van der Waals surface area contributed by atoms with Crippen LogP contribution in [0.2, 0.25) is 10.0 Å². The van der Waals surface area contributed by atoms with Crippen LogP contribution < -0.4 is 11.5 Å². The van der Waals surface area contributed by atoms with E-state index in [-0.39, 0.29) is 17.3 Å². The van der Waals surface area contributed by atoms with Crippen molar-refractivity contribution in [1.29, 1.82) is 0 Å². The van der Waals surface area contributed by atoms with Crippen LogP contribution in [-0.2, 0) is 17.6 Å². The molecule has 1 amide bonds. The lowest BCUT2D eigenvalue weighted by molar-refractivity contribution is -0.117. The highest BCUT2D eigenvalue weighted by Crippen LogP contribution is 2.17. The highest BCUT2D eigenvalue weighted by molar-refractivity contribution is 6.31. The van der Waals surface area contributed by atoms with Gasteiger partial charge >= 0.3 is 0 Å². The molecule has 3 nitrogen and oxygen atoms in total. The number of halogens is 4. The molecule has 0 saturated heterocycles. The topological polar surface area (TPSA) is 69.1 Å². The predicted molar refractivity (Wildman–Crippen MR) is 88.5 cm³/mol. The normalized spacial score (nSPS) is 9.96. The maximum Gasteiger partial charge on any atom is 0.221 e. The maximum absolute atomic E-state index is 12.5. The summed E-state index contributed by atoms with van der Waals surface area (Å²) in [7, 11) is 0. The number of hydrogen-bond acceptors (Lipinski definition) is 2. The minimum atomic E-state index is -0.483. The molecule has 124 valence electrons. The molecule has 4 N–H and O–H groups in total. The summed E-state index contributed by atoms with van der Waals surface area (Å²) in [6, 6.07) is 8.18. The number of nitrogens with two attached hydrogens (primary N) is 2. The molecule has 0 aliphatic carbocycles. The first-order chi connectivity index (χ1) is 10.8. The summed E-state index contributed by atoms with van der Waals surface area (Å²) in [5, 5.41) is 0.684. The lowest BCUT2D eigenvalue weighted by Crippen LogP contribution is -2.13. The number of rotatable bonds is 4. The summed E-state index contributed by atoms with van der Waals surface area (Å²) in [6.45, 7) is 0.533.